The minimum atomic E-state index is -0.179. The molecule has 0 aliphatic rings. The zero-order valence-corrected chi connectivity index (χ0v) is 14.3. The Labute approximate surface area is 147 Å². The Bertz CT molecular complexity index is 854. The standard InChI is InChI=1S/C16H13ClN4O2S/c1-23-13-4-3-10(7-12(13)17)20-14(22)8-11-9-24-16(21-11)15-18-5-2-6-19-15/h2-7,9H,8H2,1H3,(H,20,22). The summed E-state index contributed by atoms with van der Waals surface area (Å²) in [4.78, 5) is 24.8. The first-order chi connectivity index (χ1) is 11.7. The number of hydrogen-bond acceptors (Lipinski definition) is 6. The molecular formula is C16H13ClN4O2S. The number of hydrogen-bond donors (Lipinski definition) is 1. The van der Waals surface area contributed by atoms with E-state index >= 15 is 0 Å². The van der Waals surface area contributed by atoms with Crippen LogP contribution in [0.1, 0.15) is 5.69 Å². The third-order valence-corrected chi connectivity index (χ3v) is 4.27. The van der Waals surface area contributed by atoms with Crippen LogP contribution in [0.25, 0.3) is 10.8 Å². The summed E-state index contributed by atoms with van der Waals surface area (Å²) < 4.78 is 5.08. The van der Waals surface area contributed by atoms with Crippen molar-refractivity contribution < 1.29 is 9.53 Å². The molecule has 0 spiro atoms. The van der Waals surface area contributed by atoms with Gasteiger partial charge in [-0.25, -0.2) is 15.0 Å². The van der Waals surface area contributed by atoms with E-state index in [-0.39, 0.29) is 12.3 Å². The SMILES string of the molecule is COc1ccc(NC(=O)Cc2csc(-c3ncccn3)n2)cc1Cl. The van der Waals surface area contributed by atoms with Crippen LogP contribution >= 0.6 is 22.9 Å². The van der Waals surface area contributed by atoms with Gasteiger partial charge in [-0.3, -0.25) is 4.79 Å². The molecule has 0 atom stereocenters. The van der Waals surface area contributed by atoms with Crippen molar-refractivity contribution in [3.8, 4) is 16.6 Å². The fraction of sp³-hybridized carbons (Fsp3) is 0.125. The number of nitrogens with one attached hydrogen (secondary N) is 1. The quantitative estimate of drug-likeness (QED) is 0.754. The molecule has 0 radical (unpaired) electrons. The molecule has 8 heteroatoms. The number of aromatic nitrogens is 3. The lowest BCUT2D eigenvalue weighted by Crippen LogP contribution is -2.14. The molecule has 0 aliphatic carbocycles. The van der Waals surface area contributed by atoms with Gasteiger partial charge in [0.1, 0.15) is 5.75 Å². The van der Waals surface area contributed by atoms with Gasteiger partial charge in [-0.1, -0.05) is 11.6 Å². The van der Waals surface area contributed by atoms with E-state index in [0.717, 1.165) is 0 Å². The molecule has 1 aromatic carbocycles. The number of amides is 1. The second-order valence-electron chi connectivity index (χ2n) is 4.79. The first-order valence-corrected chi connectivity index (χ1v) is 8.26. The maximum atomic E-state index is 12.1. The number of carbonyl (C=O) groups is 1. The number of halogens is 1. The van der Waals surface area contributed by atoms with Gasteiger partial charge in [-0.15, -0.1) is 11.3 Å². The van der Waals surface area contributed by atoms with Crippen LogP contribution in [0.4, 0.5) is 5.69 Å². The van der Waals surface area contributed by atoms with Crippen LogP contribution in [-0.4, -0.2) is 28.0 Å². The minimum absolute atomic E-state index is 0.160. The van der Waals surface area contributed by atoms with E-state index in [1.165, 1.54) is 18.4 Å². The summed E-state index contributed by atoms with van der Waals surface area (Å²) >= 11 is 7.45. The normalized spacial score (nSPS) is 10.4. The summed E-state index contributed by atoms with van der Waals surface area (Å²) in [6.45, 7) is 0. The van der Waals surface area contributed by atoms with Crippen LogP contribution in [-0.2, 0) is 11.2 Å². The Morgan fingerprint density at radius 2 is 2.12 bits per heavy atom. The first-order valence-electron chi connectivity index (χ1n) is 7.01. The molecule has 24 heavy (non-hydrogen) atoms. The van der Waals surface area contributed by atoms with Gasteiger partial charge in [-0.2, -0.15) is 0 Å². The third-order valence-electron chi connectivity index (χ3n) is 3.09. The van der Waals surface area contributed by atoms with Crippen LogP contribution in [0.3, 0.4) is 0 Å². The molecule has 6 nitrogen and oxygen atoms in total. The van der Waals surface area contributed by atoms with Crippen LogP contribution in [0, 0.1) is 0 Å². The topological polar surface area (TPSA) is 77.0 Å². The van der Waals surface area contributed by atoms with Gasteiger partial charge >= 0.3 is 0 Å². The summed E-state index contributed by atoms with van der Waals surface area (Å²) in [6, 6.07) is 6.81. The number of benzene rings is 1. The van der Waals surface area contributed by atoms with Gasteiger partial charge in [0.25, 0.3) is 0 Å². The van der Waals surface area contributed by atoms with E-state index in [1.54, 1.807) is 36.7 Å². The number of methoxy groups -OCH3 is 1. The molecule has 3 rings (SSSR count). The van der Waals surface area contributed by atoms with E-state index in [4.69, 9.17) is 16.3 Å². The average Bonchev–Trinajstić information content (AvgIpc) is 3.04. The van der Waals surface area contributed by atoms with E-state index in [9.17, 15) is 4.79 Å². The summed E-state index contributed by atoms with van der Waals surface area (Å²) in [7, 11) is 1.54. The largest absolute Gasteiger partial charge is 0.495 e. The summed E-state index contributed by atoms with van der Waals surface area (Å²) in [5, 5.41) is 5.74. The monoisotopic (exact) mass is 360 g/mol. The molecule has 0 saturated carbocycles. The molecule has 0 saturated heterocycles. The first kappa shape index (κ1) is 16.4. The summed E-state index contributed by atoms with van der Waals surface area (Å²) in [6.07, 6.45) is 3.47. The Kier molecular flexibility index (Phi) is 5.02. The molecule has 1 amide bonds. The number of ether oxygens (including phenoxy) is 1. The van der Waals surface area contributed by atoms with Crippen LogP contribution < -0.4 is 10.1 Å². The minimum Gasteiger partial charge on any atom is -0.495 e. The number of thiazole rings is 1. The number of anilines is 1. The predicted molar refractivity (Wildman–Crippen MR) is 93.5 cm³/mol. The Morgan fingerprint density at radius 3 is 2.83 bits per heavy atom. The molecule has 0 aliphatic heterocycles. The van der Waals surface area contributed by atoms with Crippen molar-refractivity contribution in [2.24, 2.45) is 0 Å². The number of carbonyl (C=O) groups excluding carboxylic acids is 1. The highest BCUT2D eigenvalue weighted by Gasteiger charge is 2.11. The predicted octanol–water partition coefficient (Wildman–Crippen LogP) is 3.44. The summed E-state index contributed by atoms with van der Waals surface area (Å²) in [5.41, 5.74) is 1.27. The molecule has 122 valence electrons. The smallest absolute Gasteiger partial charge is 0.230 e. The lowest BCUT2D eigenvalue weighted by atomic mass is 10.2. The van der Waals surface area contributed by atoms with Crippen molar-refractivity contribution in [1.29, 1.82) is 0 Å². The van der Waals surface area contributed by atoms with Crippen LogP contribution in [0.5, 0.6) is 5.75 Å². The number of rotatable bonds is 5. The summed E-state index contributed by atoms with van der Waals surface area (Å²) in [5.74, 6) is 0.930. The highest BCUT2D eigenvalue weighted by atomic mass is 35.5. The van der Waals surface area contributed by atoms with E-state index in [2.05, 4.69) is 20.3 Å². The maximum absolute atomic E-state index is 12.1. The van der Waals surface area contributed by atoms with Crippen molar-refractivity contribution >= 4 is 34.5 Å². The van der Waals surface area contributed by atoms with Crippen molar-refractivity contribution in [3.05, 3.63) is 52.8 Å². The molecule has 2 aromatic heterocycles. The second kappa shape index (κ2) is 7.37. The maximum Gasteiger partial charge on any atom is 0.230 e. The molecule has 0 unspecified atom stereocenters. The third kappa shape index (κ3) is 3.87. The molecule has 1 N–H and O–H groups in total. The highest BCUT2D eigenvalue weighted by Crippen LogP contribution is 2.27. The Hall–Kier alpha value is -2.51. The van der Waals surface area contributed by atoms with Crippen molar-refractivity contribution in [3.63, 3.8) is 0 Å². The fourth-order valence-corrected chi connectivity index (χ4v) is 3.04. The fourth-order valence-electron chi connectivity index (χ4n) is 2.01. The average molecular weight is 361 g/mol. The van der Waals surface area contributed by atoms with E-state index < -0.39 is 0 Å². The van der Waals surface area contributed by atoms with Gasteiger partial charge in [0, 0.05) is 23.5 Å². The number of nitrogens with zero attached hydrogens (tertiary/aromatic N) is 3. The van der Waals surface area contributed by atoms with E-state index in [0.29, 0.717) is 33.0 Å². The van der Waals surface area contributed by atoms with Crippen molar-refractivity contribution in [2.45, 2.75) is 6.42 Å². The van der Waals surface area contributed by atoms with Gasteiger partial charge in [0.2, 0.25) is 5.91 Å². The highest BCUT2D eigenvalue weighted by molar-refractivity contribution is 7.13. The van der Waals surface area contributed by atoms with Crippen LogP contribution in [0.2, 0.25) is 5.02 Å². The van der Waals surface area contributed by atoms with Gasteiger partial charge in [0.05, 0.1) is 24.2 Å². The lowest BCUT2D eigenvalue weighted by Gasteiger charge is -2.07. The zero-order chi connectivity index (χ0) is 16.9. The Balaban J connectivity index is 1.65. The zero-order valence-electron chi connectivity index (χ0n) is 12.7. The van der Waals surface area contributed by atoms with Crippen LogP contribution in [0.15, 0.2) is 42.0 Å². The lowest BCUT2D eigenvalue weighted by molar-refractivity contribution is -0.115. The van der Waals surface area contributed by atoms with Crippen molar-refractivity contribution in [1.82, 2.24) is 15.0 Å². The Morgan fingerprint density at radius 1 is 1.33 bits per heavy atom. The molecule has 3 aromatic rings. The molecule has 0 bridgehead atoms. The van der Waals surface area contributed by atoms with Gasteiger partial charge in [0.15, 0.2) is 10.8 Å². The molecule has 2 heterocycles. The second-order valence-corrected chi connectivity index (χ2v) is 6.06. The van der Waals surface area contributed by atoms with Gasteiger partial charge < -0.3 is 10.1 Å². The molecule has 0 fully saturated rings. The van der Waals surface area contributed by atoms with Gasteiger partial charge in [-0.05, 0) is 24.3 Å². The van der Waals surface area contributed by atoms with Crippen molar-refractivity contribution in [2.75, 3.05) is 12.4 Å². The van der Waals surface area contributed by atoms with E-state index in [1.807, 2.05) is 5.38 Å². The molecular weight excluding hydrogens is 348 g/mol.